The maximum atomic E-state index is 11.6. The van der Waals surface area contributed by atoms with Crippen molar-refractivity contribution in [1.29, 1.82) is 0 Å². The molecule has 1 rings (SSSR count). The van der Waals surface area contributed by atoms with Crippen LogP contribution in [-0.4, -0.2) is 23.5 Å². The summed E-state index contributed by atoms with van der Waals surface area (Å²) in [4.78, 5) is 15.7. The van der Waals surface area contributed by atoms with Crippen molar-refractivity contribution in [3.8, 4) is 0 Å². The van der Waals surface area contributed by atoms with Gasteiger partial charge in [0.2, 0.25) is 5.91 Å². The molecule has 1 aromatic heterocycles. The fourth-order valence-electron chi connectivity index (χ4n) is 1.42. The first-order valence-corrected chi connectivity index (χ1v) is 6.39. The van der Waals surface area contributed by atoms with E-state index in [-0.39, 0.29) is 5.91 Å². The highest BCUT2D eigenvalue weighted by Gasteiger charge is 2.14. The Bertz CT molecular complexity index is 311. The molecule has 0 saturated carbocycles. The molecule has 3 N–H and O–H groups in total. The van der Waals surface area contributed by atoms with E-state index in [1.54, 1.807) is 17.5 Å². The Kier molecular flexibility index (Phi) is 5.42. The smallest absolute Gasteiger partial charge is 0.236 e. The SMILES string of the molecule is CC(C)CC(N)C(=O)NCCc1nccs1. The van der Waals surface area contributed by atoms with Crippen LogP contribution in [0, 0.1) is 5.92 Å². The zero-order valence-corrected chi connectivity index (χ0v) is 10.6. The summed E-state index contributed by atoms with van der Waals surface area (Å²) in [5, 5.41) is 5.80. The third-order valence-corrected chi connectivity index (χ3v) is 3.02. The maximum absolute atomic E-state index is 11.6. The molecule has 0 aliphatic rings. The van der Waals surface area contributed by atoms with Gasteiger partial charge in [-0.25, -0.2) is 4.98 Å². The number of hydrogen-bond acceptors (Lipinski definition) is 4. The highest BCUT2D eigenvalue weighted by Crippen LogP contribution is 2.04. The van der Waals surface area contributed by atoms with E-state index in [9.17, 15) is 4.79 Å². The van der Waals surface area contributed by atoms with Crippen LogP contribution in [-0.2, 0) is 11.2 Å². The quantitative estimate of drug-likeness (QED) is 0.785. The van der Waals surface area contributed by atoms with Crippen LogP contribution in [0.15, 0.2) is 11.6 Å². The van der Waals surface area contributed by atoms with Gasteiger partial charge in [0.15, 0.2) is 0 Å². The molecule has 0 aliphatic carbocycles. The minimum atomic E-state index is -0.392. The molecule has 1 heterocycles. The van der Waals surface area contributed by atoms with E-state index < -0.39 is 6.04 Å². The van der Waals surface area contributed by atoms with Crippen LogP contribution in [0.1, 0.15) is 25.3 Å². The molecule has 90 valence electrons. The summed E-state index contributed by atoms with van der Waals surface area (Å²) in [6.45, 7) is 4.73. The number of carbonyl (C=O) groups is 1. The van der Waals surface area contributed by atoms with Gasteiger partial charge in [-0.1, -0.05) is 13.8 Å². The summed E-state index contributed by atoms with van der Waals surface area (Å²) < 4.78 is 0. The zero-order chi connectivity index (χ0) is 12.0. The number of carbonyl (C=O) groups excluding carboxylic acids is 1. The van der Waals surface area contributed by atoms with Crippen molar-refractivity contribution in [1.82, 2.24) is 10.3 Å². The molecule has 4 nitrogen and oxygen atoms in total. The van der Waals surface area contributed by atoms with E-state index in [2.05, 4.69) is 24.1 Å². The molecule has 16 heavy (non-hydrogen) atoms. The van der Waals surface area contributed by atoms with Gasteiger partial charge >= 0.3 is 0 Å². The van der Waals surface area contributed by atoms with Crippen LogP contribution in [0.2, 0.25) is 0 Å². The third-order valence-electron chi connectivity index (χ3n) is 2.18. The fourth-order valence-corrected chi connectivity index (χ4v) is 2.04. The van der Waals surface area contributed by atoms with Gasteiger partial charge in [-0.3, -0.25) is 4.79 Å². The summed E-state index contributed by atoms with van der Waals surface area (Å²) in [6, 6.07) is -0.392. The summed E-state index contributed by atoms with van der Waals surface area (Å²) in [6.07, 6.45) is 3.27. The number of hydrogen-bond donors (Lipinski definition) is 2. The Morgan fingerprint density at radius 1 is 1.62 bits per heavy atom. The van der Waals surface area contributed by atoms with Crippen LogP contribution in [0.25, 0.3) is 0 Å². The minimum Gasteiger partial charge on any atom is -0.354 e. The molecule has 0 spiro atoms. The van der Waals surface area contributed by atoms with Crippen LogP contribution < -0.4 is 11.1 Å². The average Bonchev–Trinajstić information content (AvgIpc) is 2.69. The van der Waals surface area contributed by atoms with Gasteiger partial charge in [0.1, 0.15) is 0 Å². The highest BCUT2D eigenvalue weighted by molar-refractivity contribution is 7.09. The lowest BCUT2D eigenvalue weighted by molar-refractivity contribution is -0.122. The van der Waals surface area contributed by atoms with Crippen molar-refractivity contribution in [2.45, 2.75) is 32.7 Å². The molecule has 0 fully saturated rings. The second-order valence-corrected chi connectivity index (χ2v) is 5.18. The summed E-state index contributed by atoms with van der Waals surface area (Å²) in [5.41, 5.74) is 5.75. The number of thiazole rings is 1. The fraction of sp³-hybridized carbons (Fsp3) is 0.636. The van der Waals surface area contributed by atoms with Crippen LogP contribution in [0.3, 0.4) is 0 Å². The van der Waals surface area contributed by atoms with Gasteiger partial charge in [-0.2, -0.15) is 0 Å². The molecule has 0 aliphatic heterocycles. The largest absolute Gasteiger partial charge is 0.354 e. The number of nitrogens with two attached hydrogens (primary N) is 1. The molecule has 1 unspecified atom stereocenters. The molecule has 1 aromatic rings. The molecular weight excluding hydrogens is 222 g/mol. The lowest BCUT2D eigenvalue weighted by Gasteiger charge is -2.13. The molecule has 0 aromatic carbocycles. The first kappa shape index (κ1) is 13.1. The predicted molar refractivity (Wildman–Crippen MR) is 66.3 cm³/mol. The summed E-state index contributed by atoms with van der Waals surface area (Å²) in [7, 11) is 0. The second kappa shape index (κ2) is 6.60. The molecule has 5 heteroatoms. The van der Waals surface area contributed by atoms with E-state index in [1.807, 2.05) is 5.38 Å². The maximum Gasteiger partial charge on any atom is 0.236 e. The number of aromatic nitrogens is 1. The highest BCUT2D eigenvalue weighted by atomic mass is 32.1. The van der Waals surface area contributed by atoms with Crippen molar-refractivity contribution in [3.05, 3.63) is 16.6 Å². The molecule has 0 radical (unpaired) electrons. The second-order valence-electron chi connectivity index (χ2n) is 4.20. The van der Waals surface area contributed by atoms with Crippen LogP contribution in [0.4, 0.5) is 0 Å². The van der Waals surface area contributed by atoms with Crippen molar-refractivity contribution >= 4 is 17.2 Å². The van der Waals surface area contributed by atoms with Gasteiger partial charge in [0, 0.05) is 24.5 Å². The van der Waals surface area contributed by atoms with Gasteiger partial charge in [-0.15, -0.1) is 11.3 Å². The van der Waals surface area contributed by atoms with Gasteiger partial charge in [0.05, 0.1) is 11.0 Å². The molecule has 0 bridgehead atoms. The standard InChI is InChI=1S/C11H19N3OS/c1-8(2)7-9(12)11(15)14-4-3-10-13-5-6-16-10/h5-6,8-9H,3-4,7,12H2,1-2H3,(H,14,15). The van der Waals surface area contributed by atoms with E-state index in [4.69, 9.17) is 5.73 Å². The molecule has 1 amide bonds. The monoisotopic (exact) mass is 241 g/mol. The molecule has 0 saturated heterocycles. The molecule has 1 atom stereocenters. The Balaban J connectivity index is 2.19. The van der Waals surface area contributed by atoms with Crippen LogP contribution >= 0.6 is 11.3 Å². The van der Waals surface area contributed by atoms with Gasteiger partial charge in [-0.05, 0) is 12.3 Å². The normalized spacial score (nSPS) is 12.8. The van der Waals surface area contributed by atoms with E-state index in [0.717, 1.165) is 17.8 Å². The van der Waals surface area contributed by atoms with E-state index in [0.29, 0.717) is 12.5 Å². The molecular formula is C11H19N3OS. The van der Waals surface area contributed by atoms with Gasteiger partial charge in [0.25, 0.3) is 0 Å². The Labute approximate surface area is 100 Å². The number of nitrogens with zero attached hydrogens (tertiary/aromatic N) is 1. The Morgan fingerprint density at radius 2 is 2.38 bits per heavy atom. The van der Waals surface area contributed by atoms with Crippen molar-refractivity contribution in [3.63, 3.8) is 0 Å². The zero-order valence-electron chi connectivity index (χ0n) is 9.77. The van der Waals surface area contributed by atoms with Crippen LogP contribution in [0.5, 0.6) is 0 Å². The van der Waals surface area contributed by atoms with E-state index >= 15 is 0 Å². The van der Waals surface area contributed by atoms with Crippen molar-refractivity contribution in [2.75, 3.05) is 6.54 Å². The van der Waals surface area contributed by atoms with Gasteiger partial charge < -0.3 is 11.1 Å². The lowest BCUT2D eigenvalue weighted by atomic mass is 10.0. The lowest BCUT2D eigenvalue weighted by Crippen LogP contribution is -2.42. The average molecular weight is 241 g/mol. The summed E-state index contributed by atoms with van der Waals surface area (Å²) in [5.74, 6) is 0.380. The Morgan fingerprint density at radius 3 is 2.94 bits per heavy atom. The topological polar surface area (TPSA) is 68.0 Å². The number of rotatable bonds is 6. The van der Waals surface area contributed by atoms with E-state index in [1.165, 1.54) is 0 Å². The first-order valence-electron chi connectivity index (χ1n) is 5.51. The Hall–Kier alpha value is -0.940. The predicted octanol–water partition coefficient (Wildman–Crippen LogP) is 1.18. The number of amides is 1. The third kappa shape index (κ3) is 4.72. The van der Waals surface area contributed by atoms with Crippen molar-refractivity contribution < 1.29 is 4.79 Å². The van der Waals surface area contributed by atoms with Crippen molar-refractivity contribution in [2.24, 2.45) is 11.7 Å². The number of nitrogens with one attached hydrogen (secondary N) is 1. The minimum absolute atomic E-state index is 0.0646. The first-order chi connectivity index (χ1) is 7.59. The summed E-state index contributed by atoms with van der Waals surface area (Å²) >= 11 is 1.60.